The van der Waals surface area contributed by atoms with Gasteiger partial charge < -0.3 is 25.4 Å². The molecule has 0 unspecified atom stereocenters. The van der Waals surface area contributed by atoms with Gasteiger partial charge in [0.2, 0.25) is 0 Å². The van der Waals surface area contributed by atoms with Crippen molar-refractivity contribution >= 4 is 29.4 Å². The number of nitrogens with one attached hydrogen (secondary N) is 1. The molecule has 0 spiro atoms. The number of phenols is 1. The molecule has 0 aromatic heterocycles. The number of carbonyl (C=O) groups is 2. The maximum atomic E-state index is 11.3. The summed E-state index contributed by atoms with van der Waals surface area (Å²) in [6.07, 6.45) is 2.29. The van der Waals surface area contributed by atoms with Crippen molar-refractivity contribution in [2.45, 2.75) is 0 Å². The third-order valence-corrected chi connectivity index (χ3v) is 3.21. The van der Waals surface area contributed by atoms with Crippen LogP contribution in [0.3, 0.4) is 0 Å². The summed E-state index contributed by atoms with van der Waals surface area (Å²) >= 11 is 0. The lowest BCUT2D eigenvalue weighted by Gasteiger charge is -2.16. The van der Waals surface area contributed by atoms with Gasteiger partial charge in [-0.05, 0) is 24.3 Å². The Bertz CT molecular complexity index is 813. The molecule has 2 aromatic carbocycles. The van der Waals surface area contributed by atoms with Gasteiger partial charge in [-0.1, -0.05) is 18.2 Å². The van der Waals surface area contributed by atoms with E-state index in [1.807, 2.05) is 0 Å². The number of benzene rings is 2. The number of carboxylic acids is 2. The van der Waals surface area contributed by atoms with Gasteiger partial charge in [0.25, 0.3) is 0 Å². The number of hydrogen-bond donors (Lipinski definition) is 4. The van der Waals surface area contributed by atoms with Crippen LogP contribution in [-0.4, -0.2) is 34.4 Å². The van der Waals surface area contributed by atoms with Crippen molar-refractivity contribution in [2.75, 3.05) is 12.4 Å². The summed E-state index contributed by atoms with van der Waals surface area (Å²) in [6.45, 7) is 0. The molecule has 2 aromatic rings. The number of rotatable bonds is 6. The standard InChI is InChI=1S/C17H15NO6/c1-24-13-7-2-4-10(8-9-14(20)21)15(13)18-16-11(17(22)23)5-3-6-12(16)19/h2-9,18-19H,1H3,(H,20,21)(H,22,23). The van der Waals surface area contributed by atoms with E-state index in [9.17, 15) is 19.8 Å². The monoisotopic (exact) mass is 329 g/mol. The van der Waals surface area contributed by atoms with Crippen molar-refractivity contribution in [1.82, 2.24) is 0 Å². The topological polar surface area (TPSA) is 116 Å². The fourth-order valence-electron chi connectivity index (χ4n) is 2.13. The molecule has 0 bridgehead atoms. The first-order valence-electron chi connectivity index (χ1n) is 6.84. The highest BCUT2D eigenvalue weighted by atomic mass is 16.5. The Kier molecular flexibility index (Phi) is 5.06. The predicted molar refractivity (Wildman–Crippen MR) is 88.0 cm³/mol. The molecule has 2 rings (SSSR count). The van der Waals surface area contributed by atoms with E-state index in [4.69, 9.17) is 9.84 Å². The van der Waals surface area contributed by atoms with E-state index >= 15 is 0 Å². The van der Waals surface area contributed by atoms with Gasteiger partial charge in [-0.25, -0.2) is 9.59 Å². The molecule has 0 fully saturated rings. The van der Waals surface area contributed by atoms with Crippen LogP contribution in [0.2, 0.25) is 0 Å². The Hall–Kier alpha value is -3.48. The van der Waals surface area contributed by atoms with Crippen molar-refractivity contribution in [3.63, 3.8) is 0 Å². The first-order valence-corrected chi connectivity index (χ1v) is 6.84. The van der Waals surface area contributed by atoms with Gasteiger partial charge in [-0.3, -0.25) is 0 Å². The number of anilines is 2. The molecule has 0 aliphatic heterocycles. The van der Waals surface area contributed by atoms with Gasteiger partial charge >= 0.3 is 11.9 Å². The number of para-hydroxylation sites is 2. The Morgan fingerprint density at radius 2 is 1.79 bits per heavy atom. The van der Waals surface area contributed by atoms with Gasteiger partial charge in [0.05, 0.1) is 24.0 Å². The second-order valence-corrected chi connectivity index (χ2v) is 4.73. The summed E-state index contributed by atoms with van der Waals surface area (Å²) in [5, 5.41) is 30.9. The van der Waals surface area contributed by atoms with Gasteiger partial charge in [0.1, 0.15) is 11.5 Å². The van der Waals surface area contributed by atoms with E-state index in [1.54, 1.807) is 18.2 Å². The summed E-state index contributed by atoms with van der Waals surface area (Å²) in [6, 6.07) is 9.01. The average molecular weight is 329 g/mol. The van der Waals surface area contributed by atoms with Crippen molar-refractivity contribution in [1.29, 1.82) is 0 Å². The molecular weight excluding hydrogens is 314 g/mol. The molecule has 7 heteroatoms. The summed E-state index contributed by atoms with van der Waals surface area (Å²) < 4.78 is 5.23. The van der Waals surface area contributed by atoms with E-state index in [1.165, 1.54) is 31.4 Å². The van der Waals surface area contributed by atoms with Crippen LogP contribution in [0, 0.1) is 0 Å². The lowest BCUT2D eigenvalue weighted by Crippen LogP contribution is -2.05. The number of methoxy groups -OCH3 is 1. The number of carboxylic acid groups (broad SMARTS) is 2. The zero-order valence-electron chi connectivity index (χ0n) is 12.7. The van der Waals surface area contributed by atoms with Crippen molar-refractivity contribution in [3.05, 3.63) is 53.6 Å². The fraction of sp³-hybridized carbons (Fsp3) is 0.0588. The zero-order chi connectivity index (χ0) is 17.7. The number of aromatic hydroxyl groups is 1. The number of aliphatic carboxylic acids is 1. The minimum absolute atomic E-state index is 0.0144. The predicted octanol–water partition coefficient (Wildman–Crippen LogP) is 2.94. The van der Waals surface area contributed by atoms with Crippen molar-refractivity contribution in [2.24, 2.45) is 0 Å². The normalized spacial score (nSPS) is 10.5. The van der Waals surface area contributed by atoms with Crippen LogP contribution in [0.15, 0.2) is 42.5 Å². The maximum Gasteiger partial charge on any atom is 0.337 e. The average Bonchev–Trinajstić information content (AvgIpc) is 2.55. The molecule has 7 nitrogen and oxygen atoms in total. The minimum Gasteiger partial charge on any atom is -0.506 e. The van der Waals surface area contributed by atoms with Gasteiger partial charge in [-0.2, -0.15) is 0 Å². The van der Waals surface area contributed by atoms with E-state index in [0.29, 0.717) is 17.0 Å². The molecule has 0 radical (unpaired) electrons. The highest BCUT2D eigenvalue weighted by Gasteiger charge is 2.17. The number of phenolic OH excluding ortho intramolecular Hbond substituents is 1. The van der Waals surface area contributed by atoms with E-state index < -0.39 is 11.9 Å². The summed E-state index contributed by atoms with van der Waals surface area (Å²) in [5.74, 6) is -2.24. The lowest BCUT2D eigenvalue weighted by atomic mass is 10.1. The molecule has 0 heterocycles. The van der Waals surface area contributed by atoms with E-state index in [2.05, 4.69) is 5.32 Å². The molecule has 4 N–H and O–H groups in total. The van der Waals surface area contributed by atoms with Crippen molar-refractivity contribution in [3.8, 4) is 11.5 Å². The van der Waals surface area contributed by atoms with Crippen LogP contribution < -0.4 is 10.1 Å². The molecule has 124 valence electrons. The van der Waals surface area contributed by atoms with Crippen LogP contribution >= 0.6 is 0 Å². The van der Waals surface area contributed by atoms with Crippen LogP contribution in [0.25, 0.3) is 6.08 Å². The third kappa shape index (κ3) is 3.64. The minimum atomic E-state index is -1.22. The summed E-state index contributed by atoms with van der Waals surface area (Å²) in [5.41, 5.74) is 0.645. The highest BCUT2D eigenvalue weighted by Crippen LogP contribution is 2.37. The molecule has 0 aliphatic carbocycles. The molecular formula is C17H15NO6. The molecule has 0 aliphatic rings. The molecule has 0 atom stereocenters. The fourth-order valence-corrected chi connectivity index (χ4v) is 2.13. The van der Waals surface area contributed by atoms with E-state index in [-0.39, 0.29) is 17.0 Å². The smallest absolute Gasteiger partial charge is 0.337 e. The first kappa shape index (κ1) is 16.9. The second kappa shape index (κ2) is 7.19. The Labute approximate surface area is 137 Å². The number of hydrogen-bond acceptors (Lipinski definition) is 5. The molecule has 0 saturated carbocycles. The quantitative estimate of drug-likeness (QED) is 0.475. The van der Waals surface area contributed by atoms with Gasteiger partial charge in [-0.15, -0.1) is 0 Å². The highest BCUT2D eigenvalue weighted by molar-refractivity contribution is 5.98. The van der Waals surface area contributed by atoms with E-state index in [0.717, 1.165) is 6.08 Å². The van der Waals surface area contributed by atoms with Crippen LogP contribution in [0.5, 0.6) is 11.5 Å². The molecule has 24 heavy (non-hydrogen) atoms. The Balaban J connectivity index is 2.57. The number of ether oxygens (including phenoxy) is 1. The largest absolute Gasteiger partial charge is 0.506 e. The van der Waals surface area contributed by atoms with Crippen molar-refractivity contribution < 1.29 is 29.6 Å². The van der Waals surface area contributed by atoms with Gasteiger partial charge in [0.15, 0.2) is 0 Å². The summed E-state index contributed by atoms with van der Waals surface area (Å²) in [4.78, 5) is 22.1. The van der Waals surface area contributed by atoms with Crippen LogP contribution in [0.4, 0.5) is 11.4 Å². The lowest BCUT2D eigenvalue weighted by molar-refractivity contribution is -0.131. The third-order valence-electron chi connectivity index (χ3n) is 3.21. The number of aromatic carboxylic acids is 1. The van der Waals surface area contributed by atoms with Gasteiger partial charge in [0, 0.05) is 11.6 Å². The first-order chi connectivity index (χ1) is 11.4. The second-order valence-electron chi connectivity index (χ2n) is 4.73. The summed E-state index contributed by atoms with van der Waals surface area (Å²) in [7, 11) is 1.42. The zero-order valence-corrected chi connectivity index (χ0v) is 12.7. The van der Waals surface area contributed by atoms with Crippen LogP contribution in [0.1, 0.15) is 15.9 Å². The molecule has 0 saturated heterocycles. The maximum absolute atomic E-state index is 11.3. The van der Waals surface area contributed by atoms with Crippen LogP contribution in [-0.2, 0) is 4.79 Å². The Morgan fingerprint density at radius 1 is 1.08 bits per heavy atom. The Morgan fingerprint density at radius 3 is 2.42 bits per heavy atom. The SMILES string of the molecule is COc1cccc(C=CC(=O)O)c1Nc1c(O)cccc1C(=O)O. The molecule has 0 amide bonds.